The second kappa shape index (κ2) is 4.12. The number of hydrogen-bond acceptors (Lipinski definition) is 2. The number of ether oxygens (including phenoxy) is 2. The van der Waals surface area contributed by atoms with Crippen molar-refractivity contribution in [3.63, 3.8) is 0 Å². The van der Waals surface area contributed by atoms with Gasteiger partial charge in [-0.05, 0) is 25.0 Å². The van der Waals surface area contributed by atoms with Crippen LogP contribution < -0.4 is 4.74 Å². The topological polar surface area (TPSA) is 18.5 Å². The number of aryl methyl sites for hydroxylation is 2. The molecule has 12 heavy (non-hydrogen) atoms. The molecule has 0 aliphatic heterocycles. The summed E-state index contributed by atoms with van der Waals surface area (Å²) in [6, 6.07) is 6.07. The molecule has 0 bridgehead atoms. The van der Waals surface area contributed by atoms with Gasteiger partial charge in [0, 0.05) is 7.11 Å². The fraction of sp³-hybridized carbons (Fsp3) is 0.400. The molecule has 0 unspecified atom stereocenters. The van der Waals surface area contributed by atoms with Gasteiger partial charge < -0.3 is 9.47 Å². The molecule has 0 spiro atoms. The second-order valence-electron chi connectivity index (χ2n) is 2.77. The SMILES string of the molecule is COCO[13c]1[13c]([13CH3])[13cH][13cH][13cH][13c]1[13CH3]. The molecule has 2 nitrogen and oxygen atoms in total. The highest BCUT2D eigenvalue weighted by atomic mass is 16.7. The Morgan fingerprint density at radius 3 is 2.25 bits per heavy atom. The monoisotopic (exact) mass is 174 g/mol. The predicted octanol–water partition coefficient (Wildman–Crippen LogP) is 2.29. The van der Waals surface area contributed by atoms with Crippen LogP contribution in [-0.2, 0) is 4.74 Å². The molecule has 0 atom stereocenters. The number of para-hydroxylation sites is 1. The standard InChI is InChI=1S/C10H14O2/c1-8-5-4-6-9(2)10(8)12-7-11-3/h4-6H,7H2,1-3H3/i1+1,2+1,4+1,5+1,6+1,8+1,9+1,10+1. The molecule has 2 heteroatoms. The minimum absolute atomic E-state index is 0.311. The Kier molecular flexibility index (Phi) is 3.11. The average Bonchev–Trinajstić information content (AvgIpc) is 2.04. The molecule has 66 valence electrons. The minimum atomic E-state index is 0.311. The normalized spacial score (nSPS) is 9.92. The molecule has 0 aromatic heterocycles. The fourth-order valence-corrected chi connectivity index (χ4v) is 1.14. The van der Waals surface area contributed by atoms with E-state index in [2.05, 4.69) is 0 Å². The second-order valence-corrected chi connectivity index (χ2v) is 2.77. The Labute approximate surface area is 73.1 Å². The summed E-state index contributed by atoms with van der Waals surface area (Å²) in [7, 11) is 1.62. The third-order valence-electron chi connectivity index (χ3n) is 1.73. The molecule has 0 heterocycles. The zero-order valence-electron chi connectivity index (χ0n) is 7.76. The lowest BCUT2D eigenvalue weighted by Crippen LogP contribution is -2.01. The molecule has 0 radical (unpaired) electrons. The third kappa shape index (κ3) is 1.98. The fourth-order valence-electron chi connectivity index (χ4n) is 1.14. The first-order chi connectivity index (χ1) is 5.75. The van der Waals surface area contributed by atoms with Crippen LogP contribution in [0.1, 0.15) is 11.1 Å². The highest BCUT2D eigenvalue weighted by molar-refractivity contribution is 5.39. The molecule has 0 aliphatic carbocycles. The number of methoxy groups -OCH3 is 1. The third-order valence-corrected chi connectivity index (χ3v) is 1.73. The lowest BCUT2D eigenvalue weighted by molar-refractivity contribution is 0.0501. The summed E-state index contributed by atoms with van der Waals surface area (Å²) in [6.07, 6.45) is 0. The summed E-state index contributed by atoms with van der Waals surface area (Å²) in [5.41, 5.74) is 2.29. The van der Waals surface area contributed by atoms with E-state index in [9.17, 15) is 0 Å². The number of hydrogen-bond donors (Lipinski definition) is 0. The van der Waals surface area contributed by atoms with Crippen LogP contribution in [-0.4, -0.2) is 13.9 Å². The summed E-state index contributed by atoms with van der Waals surface area (Å²) in [5, 5.41) is 0. The van der Waals surface area contributed by atoms with Gasteiger partial charge in [0.2, 0.25) is 0 Å². The van der Waals surface area contributed by atoms with Crippen LogP contribution in [0.4, 0.5) is 0 Å². The van der Waals surface area contributed by atoms with E-state index < -0.39 is 0 Å². The van der Waals surface area contributed by atoms with Crippen molar-refractivity contribution in [1.82, 2.24) is 0 Å². The smallest absolute Gasteiger partial charge is 0.188 e. The van der Waals surface area contributed by atoms with Crippen molar-refractivity contribution in [2.24, 2.45) is 0 Å². The lowest BCUT2D eigenvalue weighted by Gasteiger charge is -2.10. The van der Waals surface area contributed by atoms with E-state index in [0.29, 0.717) is 6.79 Å². The molecule has 1 rings (SSSR count). The molecule has 0 fully saturated rings. The van der Waals surface area contributed by atoms with Crippen molar-refractivity contribution in [1.29, 1.82) is 0 Å². The Hall–Kier alpha value is -1.02. The van der Waals surface area contributed by atoms with Crippen molar-refractivity contribution < 1.29 is 9.47 Å². The molecule has 0 aliphatic rings. The van der Waals surface area contributed by atoms with E-state index >= 15 is 0 Å². The van der Waals surface area contributed by atoms with Crippen LogP contribution in [0, 0.1) is 13.8 Å². The Balaban J connectivity index is 2.81. The van der Waals surface area contributed by atoms with Crippen LogP contribution in [0.3, 0.4) is 0 Å². The van der Waals surface area contributed by atoms with E-state index in [1.165, 1.54) is 0 Å². The van der Waals surface area contributed by atoms with Gasteiger partial charge in [-0.15, -0.1) is 0 Å². The van der Waals surface area contributed by atoms with Crippen molar-refractivity contribution in [3.05, 3.63) is 29.3 Å². The van der Waals surface area contributed by atoms with Crippen LogP contribution in [0.2, 0.25) is 0 Å². The van der Waals surface area contributed by atoms with Gasteiger partial charge in [0.05, 0.1) is 0 Å². The Morgan fingerprint density at radius 2 is 1.75 bits per heavy atom. The molecule has 1 aromatic carbocycles. The highest BCUT2D eigenvalue weighted by Crippen LogP contribution is 2.21. The molecule has 0 amide bonds. The lowest BCUT2D eigenvalue weighted by atomic mass is 11.1. The van der Waals surface area contributed by atoms with Gasteiger partial charge in [0.25, 0.3) is 0 Å². The summed E-state index contributed by atoms with van der Waals surface area (Å²) < 4.78 is 10.2. The molecular weight excluding hydrogens is 160 g/mol. The van der Waals surface area contributed by atoms with Gasteiger partial charge >= 0.3 is 0 Å². The minimum Gasteiger partial charge on any atom is -0.467 e. The quantitative estimate of drug-likeness (QED) is 0.517. The molecule has 0 N–H and O–H groups in total. The zero-order valence-corrected chi connectivity index (χ0v) is 7.76. The predicted molar refractivity (Wildman–Crippen MR) is 48.4 cm³/mol. The molecular formula is C10H14O2. The van der Waals surface area contributed by atoms with E-state index in [1.807, 2.05) is 32.0 Å². The maximum absolute atomic E-state index is 5.39. The van der Waals surface area contributed by atoms with Gasteiger partial charge in [0.1, 0.15) is 5.75 Å². The first-order valence-corrected chi connectivity index (χ1v) is 3.93. The van der Waals surface area contributed by atoms with E-state index in [-0.39, 0.29) is 0 Å². The summed E-state index contributed by atoms with van der Waals surface area (Å²) in [6.45, 7) is 4.36. The van der Waals surface area contributed by atoms with Crippen molar-refractivity contribution >= 4 is 0 Å². The summed E-state index contributed by atoms with van der Waals surface area (Å²) in [5.74, 6) is 0.930. The van der Waals surface area contributed by atoms with Crippen LogP contribution in [0.15, 0.2) is 18.2 Å². The maximum Gasteiger partial charge on any atom is 0.188 e. The number of benzene rings is 1. The van der Waals surface area contributed by atoms with Crippen molar-refractivity contribution in [2.45, 2.75) is 13.8 Å². The Morgan fingerprint density at radius 1 is 1.17 bits per heavy atom. The summed E-state index contributed by atoms with van der Waals surface area (Å²) in [4.78, 5) is 0. The van der Waals surface area contributed by atoms with Gasteiger partial charge in [-0.25, -0.2) is 0 Å². The highest BCUT2D eigenvalue weighted by Gasteiger charge is 2.01. The van der Waals surface area contributed by atoms with E-state index in [4.69, 9.17) is 9.47 Å². The first-order valence-electron chi connectivity index (χ1n) is 3.93. The van der Waals surface area contributed by atoms with Crippen molar-refractivity contribution in [2.75, 3.05) is 13.9 Å². The van der Waals surface area contributed by atoms with Crippen LogP contribution >= 0.6 is 0 Å². The maximum atomic E-state index is 5.39. The average molecular weight is 174 g/mol. The van der Waals surface area contributed by atoms with Crippen LogP contribution in [0.25, 0.3) is 0 Å². The van der Waals surface area contributed by atoms with Gasteiger partial charge in [-0.1, -0.05) is 18.2 Å². The molecule has 1 aromatic rings. The Bertz CT molecular complexity index is 236. The number of rotatable bonds is 3. The largest absolute Gasteiger partial charge is 0.467 e. The molecule has 0 saturated heterocycles. The first kappa shape index (κ1) is 9.07. The van der Waals surface area contributed by atoms with E-state index in [0.717, 1.165) is 16.9 Å². The van der Waals surface area contributed by atoms with E-state index in [1.54, 1.807) is 7.11 Å². The van der Waals surface area contributed by atoms with Crippen molar-refractivity contribution in [3.8, 4) is 5.75 Å². The van der Waals surface area contributed by atoms with Crippen LogP contribution in [0.5, 0.6) is 5.75 Å². The van der Waals surface area contributed by atoms with Gasteiger partial charge in [-0.3, -0.25) is 0 Å². The molecule has 0 saturated carbocycles. The zero-order chi connectivity index (χ0) is 8.97. The van der Waals surface area contributed by atoms with Gasteiger partial charge in [0.15, 0.2) is 6.79 Å². The van der Waals surface area contributed by atoms with Gasteiger partial charge in [-0.2, -0.15) is 0 Å². The summed E-state index contributed by atoms with van der Waals surface area (Å²) >= 11 is 0.